The van der Waals surface area contributed by atoms with Crippen molar-refractivity contribution in [1.29, 1.82) is 0 Å². The summed E-state index contributed by atoms with van der Waals surface area (Å²) in [6.07, 6.45) is -1.03. The fourth-order valence-electron chi connectivity index (χ4n) is 0.713. The minimum Gasteiger partial charge on any atom is -0.389 e. The van der Waals surface area contributed by atoms with Crippen LogP contribution in [-0.2, 0) is 14.9 Å². The summed E-state index contributed by atoms with van der Waals surface area (Å²) in [6, 6.07) is 0. The molecule has 1 N–H and O–H groups in total. The molecule has 12 heavy (non-hydrogen) atoms. The smallest absolute Gasteiger partial charge is 0.352 e. The summed E-state index contributed by atoms with van der Waals surface area (Å²) in [5.74, 6) is -3.51. The Morgan fingerprint density at radius 3 is 2.50 bits per heavy atom. The van der Waals surface area contributed by atoms with E-state index in [9.17, 15) is 17.2 Å². The molecule has 1 rings (SSSR count). The van der Waals surface area contributed by atoms with Gasteiger partial charge in [0.25, 0.3) is 10.0 Å². The topological polar surface area (TPSA) is 66.8 Å². The zero-order valence-corrected chi connectivity index (χ0v) is 6.67. The van der Waals surface area contributed by atoms with Crippen LogP contribution in [0.1, 0.15) is 0 Å². The number of halogens is 2. The fourth-order valence-corrected chi connectivity index (χ4v) is 1.48. The second kappa shape index (κ2) is 3.21. The molecule has 1 atom stereocenters. The Morgan fingerprint density at radius 2 is 2.17 bits per heavy atom. The van der Waals surface area contributed by atoms with Crippen LogP contribution in [0.2, 0.25) is 0 Å². The third kappa shape index (κ3) is 1.71. The van der Waals surface area contributed by atoms with Gasteiger partial charge in [-0.05, 0) is 0 Å². The SMILES string of the molecule is O=S(=O)(C(F)F)N1C[C@@H](O)CO1. The van der Waals surface area contributed by atoms with Crippen molar-refractivity contribution in [3.05, 3.63) is 0 Å². The van der Waals surface area contributed by atoms with Gasteiger partial charge >= 0.3 is 5.76 Å². The van der Waals surface area contributed by atoms with Crippen LogP contribution in [0, 0.1) is 0 Å². The Kier molecular flexibility index (Phi) is 2.61. The molecule has 0 aliphatic carbocycles. The maximum atomic E-state index is 11.8. The van der Waals surface area contributed by atoms with E-state index >= 15 is 0 Å². The molecule has 0 bridgehead atoms. The van der Waals surface area contributed by atoms with Gasteiger partial charge in [-0.2, -0.15) is 8.78 Å². The zero-order valence-electron chi connectivity index (χ0n) is 5.85. The molecule has 72 valence electrons. The van der Waals surface area contributed by atoms with Crippen molar-refractivity contribution in [2.24, 2.45) is 0 Å². The maximum absolute atomic E-state index is 11.8. The minimum atomic E-state index is -4.69. The van der Waals surface area contributed by atoms with E-state index in [2.05, 4.69) is 4.84 Å². The Hall–Kier alpha value is -0.310. The predicted molar refractivity (Wildman–Crippen MR) is 33.6 cm³/mol. The summed E-state index contributed by atoms with van der Waals surface area (Å²) < 4.78 is 44.9. The number of sulfonamides is 1. The minimum absolute atomic E-state index is 0.113. The van der Waals surface area contributed by atoms with Crippen molar-refractivity contribution in [3.8, 4) is 0 Å². The lowest BCUT2D eigenvalue weighted by atomic mass is 10.4. The van der Waals surface area contributed by atoms with Gasteiger partial charge in [0.05, 0.1) is 19.3 Å². The van der Waals surface area contributed by atoms with Crippen molar-refractivity contribution < 1.29 is 27.1 Å². The van der Waals surface area contributed by atoms with Crippen molar-refractivity contribution in [2.75, 3.05) is 13.2 Å². The number of hydrogen-bond donors (Lipinski definition) is 1. The summed E-state index contributed by atoms with van der Waals surface area (Å²) in [7, 11) is -4.69. The first-order valence-electron chi connectivity index (χ1n) is 3.05. The second-order valence-corrected chi connectivity index (χ2v) is 4.03. The number of aliphatic hydroxyl groups excluding tert-OH is 1. The molecule has 0 radical (unpaired) electrons. The highest BCUT2D eigenvalue weighted by Gasteiger charge is 2.38. The van der Waals surface area contributed by atoms with Gasteiger partial charge in [-0.15, -0.1) is 0 Å². The molecule has 0 aromatic carbocycles. The Bertz CT molecular complexity index is 254. The van der Waals surface area contributed by atoms with Crippen LogP contribution in [0.3, 0.4) is 0 Å². The van der Waals surface area contributed by atoms with Crippen LogP contribution in [0.15, 0.2) is 0 Å². The van der Waals surface area contributed by atoms with Crippen LogP contribution in [0.4, 0.5) is 8.78 Å². The number of rotatable bonds is 2. The summed E-state index contributed by atoms with van der Waals surface area (Å²) in [6.45, 7) is -0.710. The molecule has 1 aliphatic rings. The highest BCUT2D eigenvalue weighted by atomic mass is 32.2. The lowest BCUT2D eigenvalue weighted by Crippen LogP contribution is -2.33. The van der Waals surface area contributed by atoms with E-state index in [1.165, 1.54) is 0 Å². The normalized spacial score (nSPS) is 26.8. The van der Waals surface area contributed by atoms with E-state index < -0.39 is 28.4 Å². The van der Waals surface area contributed by atoms with E-state index in [-0.39, 0.29) is 11.1 Å². The summed E-state index contributed by atoms with van der Waals surface area (Å²) in [5.41, 5.74) is 0. The third-order valence-electron chi connectivity index (χ3n) is 1.28. The van der Waals surface area contributed by atoms with Crippen LogP contribution >= 0.6 is 0 Å². The Labute approximate surface area is 67.5 Å². The van der Waals surface area contributed by atoms with Crippen molar-refractivity contribution in [2.45, 2.75) is 11.9 Å². The molecule has 0 aromatic rings. The highest BCUT2D eigenvalue weighted by molar-refractivity contribution is 7.89. The number of aliphatic hydroxyl groups is 1. The number of β-amino-alcohol motifs (C(OH)–C–C–N with tert-alkyl or cyclic N) is 1. The number of alkyl halides is 2. The van der Waals surface area contributed by atoms with E-state index in [4.69, 9.17) is 5.11 Å². The first-order chi connectivity index (χ1) is 5.44. The van der Waals surface area contributed by atoms with Gasteiger partial charge in [0.2, 0.25) is 0 Å². The van der Waals surface area contributed by atoms with E-state index in [1.807, 2.05) is 0 Å². The number of nitrogens with zero attached hydrogens (tertiary/aromatic N) is 1. The summed E-state index contributed by atoms with van der Waals surface area (Å²) >= 11 is 0. The molecule has 1 saturated heterocycles. The molecule has 1 heterocycles. The molecule has 8 heteroatoms. The first-order valence-corrected chi connectivity index (χ1v) is 4.55. The molecular formula is C4H7F2NO4S. The largest absolute Gasteiger partial charge is 0.389 e. The summed E-state index contributed by atoms with van der Waals surface area (Å²) in [5, 5.41) is 8.77. The van der Waals surface area contributed by atoms with Gasteiger partial charge in [0.1, 0.15) is 0 Å². The molecule has 1 aliphatic heterocycles. The highest BCUT2D eigenvalue weighted by Crippen LogP contribution is 2.17. The molecular weight excluding hydrogens is 196 g/mol. The molecule has 0 aromatic heterocycles. The molecule has 5 nitrogen and oxygen atoms in total. The molecule has 0 spiro atoms. The second-order valence-electron chi connectivity index (χ2n) is 2.24. The van der Waals surface area contributed by atoms with E-state index in [1.54, 1.807) is 0 Å². The van der Waals surface area contributed by atoms with Crippen molar-refractivity contribution in [1.82, 2.24) is 4.47 Å². The lowest BCUT2D eigenvalue weighted by molar-refractivity contribution is -0.0368. The quantitative estimate of drug-likeness (QED) is 0.634. The van der Waals surface area contributed by atoms with E-state index in [0.29, 0.717) is 0 Å². The van der Waals surface area contributed by atoms with Crippen molar-refractivity contribution >= 4 is 10.0 Å². The maximum Gasteiger partial charge on any atom is 0.352 e. The van der Waals surface area contributed by atoms with Gasteiger partial charge in [-0.3, -0.25) is 4.84 Å². The lowest BCUT2D eigenvalue weighted by Gasteiger charge is -2.12. The number of hydroxylamine groups is 1. The van der Waals surface area contributed by atoms with Gasteiger partial charge in [0.15, 0.2) is 0 Å². The van der Waals surface area contributed by atoms with Crippen LogP contribution < -0.4 is 0 Å². The molecule has 0 saturated carbocycles. The third-order valence-corrected chi connectivity index (χ3v) is 2.55. The van der Waals surface area contributed by atoms with Crippen LogP contribution in [0.5, 0.6) is 0 Å². The predicted octanol–water partition coefficient (Wildman–Crippen LogP) is -0.853. The van der Waals surface area contributed by atoms with Crippen LogP contribution in [0.25, 0.3) is 0 Å². The average Bonchev–Trinajstić information content (AvgIpc) is 2.35. The first kappa shape index (κ1) is 9.78. The van der Waals surface area contributed by atoms with E-state index in [0.717, 1.165) is 0 Å². The summed E-state index contributed by atoms with van der Waals surface area (Å²) in [4.78, 5) is 4.31. The molecule has 0 unspecified atom stereocenters. The zero-order chi connectivity index (χ0) is 9.35. The van der Waals surface area contributed by atoms with Crippen molar-refractivity contribution in [3.63, 3.8) is 0 Å². The van der Waals surface area contributed by atoms with Crippen LogP contribution in [-0.4, -0.2) is 43.0 Å². The van der Waals surface area contributed by atoms with Gasteiger partial charge in [-0.25, -0.2) is 8.42 Å². The van der Waals surface area contributed by atoms with Gasteiger partial charge < -0.3 is 5.11 Å². The fraction of sp³-hybridized carbons (Fsp3) is 1.00. The number of hydrogen-bond acceptors (Lipinski definition) is 4. The standard InChI is InChI=1S/C4H7F2NO4S/c5-4(6)12(9,10)7-1-3(8)2-11-7/h3-4,8H,1-2H2/t3-/m1/s1. The molecule has 0 amide bonds. The Morgan fingerprint density at radius 1 is 1.58 bits per heavy atom. The molecule has 1 fully saturated rings. The average molecular weight is 203 g/mol. The van der Waals surface area contributed by atoms with Gasteiger partial charge in [-0.1, -0.05) is 4.47 Å². The Balaban J connectivity index is 2.71. The monoisotopic (exact) mass is 203 g/mol. The van der Waals surface area contributed by atoms with Gasteiger partial charge in [0, 0.05) is 0 Å².